The van der Waals surface area contributed by atoms with Crippen LogP contribution in [0, 0.1) is 0 Å². The lowest BCUT2D eigenvalue weighted by molar-refractivity contribution is -0.129. The van der Waals surface area contributed by atoms with E-state index in [0.29, 0.717) is 12.5 Å². The second-order valence-electron chi connectivity index (χ2n) is 8.30. The van der Waals surface area contributed by atoms with E-state index in [1.807, 2.05) is 53.6 Å². The molecular formula is C26H26N4O2. The molecule has 0 unspecified atom stereocenters. The Bertz CT molecular complexity index is 1210. The number of amides is 1. The third kappa shape index (κ3) is 4.35. The molecule has 2 aromatic carbocycles. The van der Waals surface area contributed by atoms with Crippen LogP contribution in [-0.4, -0.2) is 38.8 Å². The number of hydrogen-bond acceptors (Lipinski definition) is 4. The second-order valence-corrected chi connectivity index (χ2v) is 8.30. The van der Waals surface area contributed by atoms with Crippen LogP contribution < -0.4 is 4.74 Å². The largest absolute Gasteiger partial charge is 0.489 e. The number of aromatic amines is 1. The summed E-state index contributed by atoms with van der Waals surface area (Å²) in [5, 5.41) is 0. The number of imidazole rings is 1. The van der Waals surface area contributed by atoms with Gasteiger partial charge in [0, 0.05) is 31.8 Å². The molecule has 0 bridgehead atoms. The van der Waals surface area contributed by atoms with Gasteiger partial charge in [0.1, 0.15) is 23.7 Å². The van der Waals surface area contributed by atoms with Crippen molar-refractivity contribution in [3.63, 3.8) is 0 Å². The van der Waals surface area contributed by atoms with Crippen LogP contribution in [0.5, 0.6) is 5.75 Å². The number of benzene rings is 2. The van der Waals surface area contributed by atoms with E-state index >= 15 is 0 Å². The average Bonchev–Trinajstić information content (AvgIpc) is 3.27. The van der Waals surface area contributed by atoms with Gasteiger partial charge >= 0.3 is 0 Å². The van der Waals surface area contributed by atoms with Crippen molar-refractivity contribution in [1.82, 2.24) is 19.9 Å². The molecule has 1 fully saturated rings. The minimum absolute atomic E-state index is 0.158. The van der Waals surface area contributed by atoms with Crippen LogP contribution in [0.3, 0.4) is 0 Å². The number of piperidine rings is 1. The number of nitrogens with one attached hydrogen (secondary N) is 1. The van der Waals surface area contributed by atoms with Crippen molar-refractivity contribution < 1.29 is 9.53 Å². The number of fused-ring (bicyclic) bond motifs is 1. The predicted octanol–water partition coefficient (Wildman–Crippen LogP) is 4.93. The summed E-state index contributed by atoms with van der Waals surface area (Å²) >= 11 is 0. The molecule has 6 nitrogen and oxygen atoms in total. The van der Waals surface area contributed by atoms with Crippen molar-refractivity contribution in [3.05, 3.63) is 78.0 Å². The molecule has 2 aromatic heterocycles. The van der Waals surface area contributed by atoms with E-state index in [0.717, 1.165) is 59.8 Å². The molecule has 162 valence electrons. The highest BCUT2D eigenvalue weighted by molar-refractivity contribution is 5.76. The minimum Gasteiger partial charge on any atom is -0.489 e. The minimum atomic E-state index is 0.158. The highest BCUT2D eigenvalue weighted by atomic mass is 16.5. The summed E-state index contributed by atoms with van der Waals surface area (Å²) < 4.78 is 5.88. The molecule has 1 aliphatic heterocycles. The lowest BCUT2D eigenvalue weighted by Gasteiger charge is -2.31. The van der Waals surface area contributed by atoms with Crippen molar-refractivity contribution in [2.75, 3.05) is 13.1 Å². The summed E-state index contributed by atoms with van der Waals surface area (Å²) in [6, 6.07) is 20.2. The predicted molar refractivity (Wildman–Crippen MR) is 124 cm³/mol. The van der Waals surface area contributed by atoms with E-state index in [1.54, 1.807) is 6.92 Å². The summed E-state index contributed by atoms with van der Waals surface area (Å²) in [6.45, 7) is 3.80. The van der Waals surface area contributed by atoms with Crippen molar-refractivity contribution >= 4 is 17.1 Å². The monoisotopic (exact) mass is 426 g/mol. The van der Waals surface area contributed by atoms with Gasteiger partial charge in [-0.1, -0.05) is 30.3 Å². The van der Waals surface area contributed by atoms with E-state index in [-0.39, 0.29) is 5.91 Å². The number of pyridine rings is 1. The van der Waals surface area contributed by atoms with E-state index in [2.05, 4.69) is 28.2 Å². The zero-order valence-corrected chi connectivity index (χ0v) is 18.1. The summed E-state index contributed by atoms with van der Waals surface area (Å²) in [5.74, 6) is 2.20. The molecule has 5 rings (SSSR count). The van der Waals surface area contributed by atoms with Crippen LogP contribution in [0.4, 0.5) is 0 Å². The van der Waals surface area contributed by atoms with Gasteiger partial charge in [-0.15, -0.1) is 0 Å². The van der Waals surface area contributed by atoms with Gasteiger partial charge in [0.15, 0.2) is 5.65 Å². The summed E-state index contributed by atoms with van der Waals surface area (Å²) in [5.41, 5.74) is 4.99. The number of hydrogen-bond donors (Lipinski definition) is 1. The van der Waals surface area contributed by atoms with Crippen molar-refractivity contribution in [2.24, 2.45) is 0 Å². The van der Waals surface area contributed by atoms with E-state index in [1.165, 1.54) is 5.56 Å². The third-order valence-electron chi connectivity index (χ3n) is 6.15. The third-order valence-corrected chi connectivity index (χ3v) is 6.15. The zero-order valence-electron chi connectivity index (χ0n) is 18.1. The van der Waals surface area contributed by atoms with Crippen LogP contribution in [0.1, 0.15) is 36.8 Å². The Hall–Kier alpha value is -3.67. The lowest BCUT2D eigenvalue weighted by atomic mass is 9.90. The Morgan fingerprint density at radius 3 is 2.56 bits per heavy atom. The fourth-order valence-electron chi connectivity index (χ4n) is 4.25. The Labute approximate surface area is 187 Å². The van der Waals surface area contributed by atoms with Gasteiger partial charge in [-0.3, -0.25) is 4.79 Å². The number of nitrogens with zero attached hydrogens (tertiary/aromatic N) is 3. The molecule has 0 radical (unpaired) electrons. The molecule has 3 heterocycles. The highest BCUT2D eigenvalue weighted by Gasteiger charge is 2.22. The van der Waals surface area contributed by atoms with E-state index in [4.69, 9.17) is 9.72 Å². The molecule has 4 aromatic rings. The number of aromatic nitrogens is 3. The molecule has 0 spiro atoms. The first kappa shape index (κ1) is 20.2. The van der Waals surface area contributed by atoms with Gasteiger partial charge in [-0.2, -0.15) is 0 Å². The zero-order chi connectivity index (χ0) is 21.9. The van der Waals surface area contributed by atoms with Crippen LogP contribution in [0.2, 0.25) is 0 Å². The van der Waals surface area contributed by atoms with E-state index in [9.17, 15) is 4.79 Å². The topological polar surface area (TPSA) is 71.1 Å². The molecule has 1 saturated heterocycles. The summed E-state index contributed by atoms with van der Waals surface area (Å²) in [6.07, 6.45) is 3.88. The van der Waals surface area contributed by atoms with Gasteiger partial charge in [-0.25, -0.2) is 9.97 Å². The molecule has 0 aliphatic carbocycles. The molecule has 1 aliphatic rings. The molecule has 0 atom stereocenters. The molecule has 0 saturated carbocycles. The number of H-pyrrole nitrogens is 1. The van der Waals surface area contributed by atoms with Crippen LogP contribution in [-0.2, 0) is 11.4 Å². The Kier molecular flexibility index (Phi) is 5.58. The number of carbonyl (C=O) groups excluding carboxylic acids is 1. The van der Waals surface area contributed by atoms with Crippen molar-refractivity contribution in [3.8, 4) is 17.1 Å². The van der Waals surface area contributed by atoms with Gasteiger partial charge in [-0.05, 0) is 60.2 Å². The first-order valence-corrected chi connectivity index (χ1v) is 11.0. The Morgan fingerprint density at radius 2 is 1.84 bits per heavy atom. The maximum Gasteiger partial charge on any atom is 0.219 e. The van der Waals surface area contributed by atoms with Crippen LogP contribution in [0.25, 0.3) is 22.6 Å². The number of ether oxygens (including phenoxy) is 1. The van der Waals surface area contributed by atoms with Gasteiger partial charge in [0.05, 0.1) is 0 Å². The maximum absolute atomic E-state index is 11.6. The fraction of sp³-hybridized carbons (Fsp3) is 0.269. The SMILES string of the molecule is CC(=O)N1CCC(c2cnc3[nH]c(-c4ccc(OCc5ccccc5)cc4)nc3c2)CC1. The number of likely N-dealkylation sites (tertiary alicyclic amines) is 1. The smallest absolute Gasteiger partial charge is 0.219 e. The molecule has 32 heavy (non-hydrogen) atoms. The standard InChI is InChI=1S/C26H26N4O2/c1-18(31)30-13-11-20(12-14-30)22-15-24-26(27-16-22)29-25(28-24)21-7-9-23(10-8-21)32-17-19-5-3-2-4-6-19/h2-10,15-16,20H,11-14,17H2,1H3,(H,27,28,29). The molecule has 1 amide bonds. The number of rotatable bonds is 5. The molecule has 1 N–H and O–H groups in total. The molecule has 6 heteroatoms. The Morgan fingerprint density at radius 1 is 1.09 bits per heavy atom. The first-order valence-electron chi connectivity index (χ1n) is 11.0. The second kappa shape index (κ2) is 8.83. The van der Waals surface area contributed by atoms with Gasteiger partial charge < -0.3 is 14.6 Å². The lowest BCUT2D eigenvalue weighted by Crippen LogP contribution is -2.36. The van der Waals surface area contributed by atoms with Gasteiger partial charge in [0.2, 0.25) is 5.91 Å². The average molecular weight is 427 g/mol. The Balaban J connectivity index is 1.28. The van der Waals surface area contributed by atoms with Crippen molar-refractivity contribution in [1.29, 1.82) is 0 Å². The quantitative estimate of drug-likeness (QED) is 0.491. The maximum atomic E-state index is 11.6. The van der Waals surface area contributed by atoms with E-state index < -0.39 is 0 Å². The van der Waals surface area contributed by atoms with Crippen LogP contribution in [0.15, 0.2) is 66.9 Å². The normalized spacial score (nSPS) is 14.6. The number of carbonyl (C=O) groups is 1. The summed E-state index contributed by atoms with van der Waals surface area (Å²) in [7, 11) is 0. The first-order chi connectivity index (χ1) is 15.7. The summed E-state index contributed by atoms with van der Waals surface area (Å²) in [4.78, 5) is 26.2. The molecular weight excluding hydrogens is 400 g/mol. The fourth-order valence-corrected chi connectivity index (χ4v) is 4.25. The van der Waals surface area contributed by atoms with Crippen LogP contribution >= 0.6 is 0 Å². The van der Waals surface area contributed by atoms with Crippen molar-refractivity contribution in [2.45, 2.75) is 32.3 Å². The van der Waals surface area contributed by atoms with Gasteiger partial charge in [0.25, 0.3) is 0 Å². The highest BCUT2D eigenvalue weighted by Crippen LogP contribution is 2.30.